The second-order valence-corrected chi connectivity index (χ2v) is 4.78. The Morgan fingerprint density at radius 1 is 1.27 bits per heavy atom. The lowest BCUT2D eigenvalue weighted by molar-refractivity contribution is -0.0551. The lowest BCUT2D eigenvalue weighted by Gasteiger charge is -2.17. The van der Waals surface area contributed by atoms with Gasteiger partial charge in [0.2, 0.25) is 0 Å². The summed E-state index contributed by atoms with van der Waals surface area (Å²) in [6.45, 7) is -0.550. The van der Waals surface area contributed by atoms with Gasteiger partial charge in [0.15, 0.2) is 11.9 Å². The molecule has 0 aromatic carbocycles. The zero-order chi connectivity index (χ0) is 16.0. The first-order chi connectivity index (χ1) is 10.4. The summed E-state index contributed by atoms with van der Waals surface area (Å²) in [7, 11) is 0. The number of fused-ring (bicyclic) bond motifs is 1. The van der Waals surface area contributed by atoms with Gasteiger partial charge in [-0.15, -0.1) is 0 Å². The fraction of sp³-hybridized carbons (Fsp3) is 0.455. The number of ether oxygens (including phenoxy) is 1. The number of nitrogens with one attached hydrogen (secondary N) is 1. The van der Waals surface area contributed by atoms with Crippen molar-refractivity contribution in [2.75, 3.05) is 6.61 Å². The van der Waals surface area contributed by atoms with Crippen molar-refractivity contribution >= 4 is 5.65 Å². The summed E-state index contributed by atoms with van der Waals surface area (Å²) < 4.78 is 6.69. The number of hydrogen-bond donors (Lipinski definition) is 4. The van der Waals surface area contributed by atoms with Crippen LogP contribution in [0.2, 0.25) is 0 Å². The Morgan fingerprint density at radius 3 is 2.64 bits per heavy atom. The van der Waals surface area contributed by atoms with Crippen LogP contribution in [0.1, 0.15) is 6.23 Å². The van der Waals surface area contributed by atoms with Gasteiger partial charge < -0.3 is 20.1 Å². The maximum absolute atomic E-state index is 12.3. The van der Waals surface area contributed by atoms with Gasteiger partial charge in [-0.3, -0.25) is 9.55 Å². The van der Waals surface area contributed by atoms with E-state index in [4.69, 9.17) is 9.84 Å². The highest BCUT2D eigenvalue weighted by atomic mass is 16.6. The molecule has 1 unspecified atom stereocenters. The summed E-state index contributed by atoms with van der Waals surface area (Å²) in [5.74, 6) is 0. The van der Waals surface area contributed by atoms with Gasteiger partial charge in [-0.1, -0.05) is 0 Å². The van der Waals surface area contributed by atoms with Gasteiger partial charge in [0.05, 0.1) is 6.61 Å². The Balaban J connectivity index is 2.18. The van der Waals surface area contributed by atoms with Crippen LogP contribution >= 0.6 is 0 Å². The van der Waals surface area contributed by atoms with E-state index in [9.17, 15) is 24.6 Å². The lowest BCUT2D eigenvalue weighted by Crippen LogP contribution is -2.42. The molecule has 3 rings (SSSR count). The molecule has 0 radical (unpaired) electrons. The van der Waals surface area contributed by atoms with Crippen molar-refractivity contribution in [1.29, 1.82) is 0 Å². The third-order valence-electron chi connectivity index (χ3n) is 3.45. The second kappa shape index (κ2) is 5.14. The van der Waals surface area contributed by atoms with Crippen LogP contribution in [0.15, 0.2) is 26.6 Å². The Labute approximate surface area is 120 Å². The number of aromatic amines is 1. The van der Waals surface area contributed by atoms with E-state index in [1.807, 2.05) is 4.98 Å². The third-order valence-corrected chi connectivity index (χ3v) is 3.45. The van der Waals surface area contributed by atoms with E-state index in [0.29, 0.717) is 4.40 Å². The van der Waals surface area contributed by atoms with Gasteiger partial charge in [-0.05, 0) is 6.07 Å². The van der Waals surface area contributed by atoms with Crippen molar-refractivity contribution in [1.82, 2.24) is 18.9 Å². The van der Waals surface area contributed by atoms with Crippen LogP contribution in [0.4, 0.5) is 0 Å². The molecule has 0 saturated carbocycles. The molecule has 118 valence electrons. The summed E-state index contributed by atoms with van der Waals surface area (Å²) in [5.41, 5.74) is -2.96. The molecule has 11 heteroatoms. The molecule has 1 fully saturated rings. The predicted molar refractivity (Wildman–Crippen MR) is 69.4 cm³/mol. The SMILES string of the molecule is O=c1nc2ccn(C3O[C@H](CO)[C@@H](O)[C@H]3O)c(=O)n2c(=O)[nH]1. The van der Waals surface area contributed by atoms with Gasteiger partial charge in [0.25, 0.3) is 0 Å². The fourth-order valence-corrected chi connectivity index (χ4v) is 2.36. The lowest BCUT2D eigenvalue weighted by atomic mass is 10.1. The molecule has 1 saturated heterocycles. The van der Waals surface area contributed by atoms with E-state index in [1.165, 1.54) is 12.3 Å². The summed E-state index contributed by atoms with van der Waals surface area (Å²) >= 11 is 0. The van der Waals surface area contributed by atoms with Gasteiger partial charge in [-0.2, -0.15) is 9.38 Å². The van der Waals surface area contributed by atoms with Crippen molar-refractivity contribution in [2.45, 2.75) is 24.5 Å². The highest BCUT2D eigenvalue weighted by Crippen LogP contribution is 2.27. The van der Waals surface area contributed by atoms with Crippen molar-refractivity contribution in [3.05, 3.63) is 43.7 Å². The number of aromatic nitrogens is 4. The smallest absolute Gasteiger partial charge is 0.351 e. The summed E-state index contributed by atoms with van der Waals surface area (Å²) in [5, 5.41) is 28.7. The Bertz CT molecular complexity index is 884. The van der Waals surface area contributed by atoms with E-state index < -0.39 is 48.2 Å². The molecule has 1 aliphatic heterocycles. The molecular formula is C11H12N4O7. The van der Waals surface area contributed by atoms with Crippen molar-refractivity contribution in [3.63, 3.8) is 0 Å². The summed E-state index contributed by atoms with van der Waals surface area (Å²) in [6.07, 6.45) is -4.04. The molecule has 0 aliphatic carbocycles. The third kappa shape index (κ3) is 2.07. The molecule has 4 atom stereocenters. The van der Waals surface area contributed by atoms with Gasteiger partial charge in [0.1, 0.15) is 18.3 Å². The Morgan fingerprint density at radius 2 is 2.00 bits per heavy atom. The van der Waals surface area contributed by atoms with E-state index in [1.54, 1.807) is 0 Å². The number of rotatable bonds is 2. The van der Waals surface area contributed by atoms with Crippen molar-refractivity contribution in [3.8, 4) is 0 Å². The molecule has 2 aromatic rings. The van der Waals surface area contributed by atoms with Crippen LogP contribution in [0.25, 0.3) is 5.65 Å². The van der Waals surface area contributed by atoms with Gasteiger partial charge in [-0.25, -0.2) is 14.4 Å². The number of aliphatic hydroxyl groups is 3. The molecule has 3 heterocycles. The highest BCUT2D eigenvalue weighted by Gasteiger charge is 2.43. The minimum atomic E-state index is -1.47. The van der Waals surface area contributed by atoms with Crippen molar-refractivity contribution < 1.29 is 20.1 Å². The first-order valence-corrected chi connectivity index (χ1v) is 6.30. The molecule has 1 aliphatic rings. The normalized spacial score (nSPS) is 28.3. The van der Waals surface area contributed by atoms with E-state index in [0.717, 1.165) is 4.57 Å². The average molecular weight is 312 g/mol. The van der Waals surface area contributed by atoms with Gasteiger partial charge in [0, 0.05) is 6.20 Å². The number of H-pyrrole nitrogens is 1. The number of nitrogens with zero attached hydrogens (tertiary/aromatic N) is 3. The molecule has 0 amide bonds. The first kappa shape index (κ1) is 14.6. The quantitative estimate of drug-likeness (QED) is 0.438. The van der Waals surface area contributed by atoms with Crippen molar-refractivity contribution in [2.24, 2.45) is 0 Å². The van der Waals surface area contributed by atoms with E-state index >= 15 is 0 Å². The second-order valence-electron chi connectivity index (χ2n) is 4.78. The minimum Gasteiger partial charge on any atom is -0.394 e. The summed E-state index contributed by atoms with van der Waals surface area (Å²) in [6, 6.07) is 1.22. The Hall–Kier alpha value is -2.34. The minimum absolute atomic E-state index is 0.165. The maximum atomic E-state index is 12.3. The van der Waals surface area contributed by atoms with Crippen LogP contribution in [-0.4, -0.2) is 59.2 Å². The molecule has 4 N–H and O–H groups in total. The van der Waals surface area contributed by atoms with Gasteiger partial charge >= 0.3 is 17.1 Å². The molecular weight excluding hydrogens is 300 g/mol. The fourth-order valence-electron chi connectivity index (χ4n) is 2.36. The van der Waals surface area contributed by atoms with Crippen LogP contribution in [-0.2, 0) is 4.74 Å². The number of aliphatic hydroxyl groups excluding tert-OH is 3. The van der Waals surface area contributed by atoms with Crippen LogP contribution in [0.3, 0.4) is 0 Å². The number of hydrogen-bond acceptors (Lipinski definition) is 8. The zero-order valence-electron chi connectivity index (χ0n) is 11.0. The standard InChI is InChI=1S/C11H12N4O7/c16-3-4-6(17)7(18)8(22-4)14-2-1-5-12-9(19)13-10(20)15(5)11(14)21/h1-2,4,6-8,16-18H,3H2,(H,13,19,20)/t4-,6-,7-,8?/m1/s1. The molecule has 2 aromatic heterocycles. The molecule has 11 nitrogen and oxygen atoms in total. The highest BCUT2D eigenvalue weighted by molar-refractivity contribution is 5.33. The first-order valence-electron chi connectivity index (χ1n) is 6.30. The van der Waals surface area contributed by atoms with Crippen LogP contribution in [0.5, 0.6) is 0 Å². The monoisotopic (exact) mass is 312 g/mol. The maximum Gasteiger partial charge on any atom is 0.351 e. The van der Waals surface area contributed by atoms with Crippen LogP contribution in [0, 0.1) is 0 Å². The van der Waals surface area contributed by atoms with Crippen LogP contribution < -0.4 is 17.1 Å². The van der Waals surface area contributed by atoms with E-state index in [2.05, 4.69) is 4.98 Å². The molecule has 0 spiro atoms. The van der Waals surface area contributed by atoms with E-state index in [-0.39, 0.29) is 5.65 Å². The molecule has 0 bridgehead atoms. The summed E-state index contributed by atoms with van der Waals surface area (Å²) in [4.78, 5) is 40.5. The molecule has 22 heavy (non-hydrogen) atoms. The average Bonchev–Trinajstić information content (AvgIpc) is 2.75. The largest absolute Gasteiger partial charge is 0.394 e. The topological polar surface area (TPSA) is 159 Å². The zero-order valence-corrected chi connectivity index (χ0v) is 11.0. The Kier molecular flexibility index (Phi) is 3.41. The predicted octanol–water partition coefficient (Wildman–Crippen LogP) is -3.84.